The van der Waals surface area contributed by atoms with Gasteiger partial charge < -0.3 is 9.88 Å². The standard InChI is InChI=1S/C12H18IN3O/c1-2-5-9-6-3-4-7-16(9)11-10(13)12(17)15-8-14-11/h8-9H,2-7H2,1H3,(H,14,15,17). The van der Waals surface area contributed by atoms with E-state index in [9.17, 15) is 4.79 Å². The first-order valence-electron chi connectivity index (χ1n) is 6.24. The predicted octanol–water partition coefficient (Wildman–Crippen LogP) is 2.53. The number of hydrogen-bond donors (Lipinski definition) is 1. The molecule has 94 valence electrons. The van der Waals surface area contributed by atoms with Crippen molar-refractivity contribution in [1.82, 2.24) is 9.97 Å². The van der Waals surface area contributed by atoms with Crippen LogP contribution in [0.5, 0.6) is 0 Å². The van der Waals surface area contributed by atoms with Gasteiger partial charge in [0.25, 0.3) is 5.56 Å². The highest BCUT2D eigenvalue weighted by Crippen LogP contribution is 2.27. The third-order valence-corrected chi connectivity index (χ3v) is 4.27. The zero-order chi connectivity index (χ0) is 12.3. The van der Waals surface area contributed by atoms with E-state index in [2.05, 4.69) is 44.4 Å². The Bertz CT molecular complexity index is 430. The molecule has 1 fully saturated rings. The molecule has 0 spiro atoms. The normalized spacial score (nSPS) is 20.6. The van der Waals surface area contributed by atoms with E-state index in [-0.39, 0.29) is 5.56 Å². The van der Waals surface area contributed by atoms with Gasteiger partial charge >= 0.3 is 0 Å². The second-order valence-electron chi connectivity index (χ2n) is 4.50. The number of aromatic nitrogens is 2. The fraction of sp³-hybridized carbons (Fsp3) is 0.667. The summed E-state index contributed by atoms with van der Waals surface area (Å²) in [4.78, 5) is 20.9. The smallest absolute Gasteiger partial charge is 0.266 e. The Morgan fingerprint density at radius 3 is 3.18 bits per heavy atom. The van der Waals surface area contributed by atoms with Crippen molar-refractivity contribution in [1.29, 1.82) is 0 Å². The second kappa shape index (κ2) is 5.84. The van der Waals surface area contributed by atoms with Gasteiger partial charge in [-0.1, -0.05) is 13.3 Å². The van der Waals surface area contributed by atoms with Gasteiger partial charge in [-0.15, -0.1) is 0 Å². The molecule has 1 saturated heterocycles. The van der Waals surface area contributed by atoms with Gasteiger partial charge in [0.05, 0.1) is 6.33 Å². The summed E-state index contributed by atoms with van der Waals surface area (Å²) >= 11 is 2.10. The third kappa shape index (κ3) is 2.81. The van der Waals surface area contributed by atoms with Crippen LogP contribution in [0.15, 0.2) is 11.1 Å². The van der Waals surface area contributed by atoms with E-state index in [0.29, 0.717) is 9.61 Å². The van der Waals surface area contributed by atoms with Crippen molar-refractivity contribution in [2.24, 2.45) is 0 Å². The minimum absolute atomic E-state index is 0.0311. The van der Waals surface area contributed by atoms with Crippen LogP contribution in [0.4, 0.5) is 5.82 Å². The van der Waals surface area contributed by atoms with E-state index in [1.54, 1.807) is 0 Å². The summed E-state index contributed by atoms with van der Waals surface area (Å²) < 4.78 is 0.716. The van der Waals surface area contributed by atoms with Gasteiger partial charge in [0.2, 0.25) is 0 Å². The maximum Gasteiger partial charge on any atom is 0.266 e. The molecule has 1 unspecified atom stereocenters. The van der Waals surface area contributed by atoms with Crippen LogP contribution in [0.2, 0.25) is 0 Å². The van der Waals surface area contributed by atoms with Crippen LogP contribution in [0, 0.1) is 3.57 Å². The van der Waals surface area contributed by atoms with Gasteiger partial charge in [0, 0.05) is 12.6 Å². The number of anilines is 1. The Hall–Kier alpha value is -0.590. The van der Waals surface area contributed by atoms with E-state index in [4.69, 9.17) is 0 Å². The SMILES string of the molecule is CCCC1CCCCN1c1nc[nH]c(=O)c1I. The molecular formula is C12H18IN3O. The van der Waals surface area contributed by atoms with Crippen molar-refractivity contribution in [3.8, 4) is 0 Å². The maximum atomic E-state index is 11.6. The molecule has 1 aromatic heterocycles. The number of H-pyrrole nitrogens is 1. The number of halogens is 1. The van der Waals surface area contributed by atoms with Crippen LogP contribution in [0.25, 0.3) is 0 Å². The molecule has 0 saturated carbocycles. The molecular weight excluding hydrogens is 329 g/mol. The zero-order valence-corrected chi connectivity index (χ0v) is 12.2. The van der Waals surface area contributed by atoms with E-state index in [1.165, 1.54) is 38.4 Å². The molecule has 0 radical (unpaired) electrons. The molecule has 1 atom stereocenters. The Morgan fingerprint density at radius 2 is 2.41 bits per heavy atom. The first-order valence-corrected chi connectivity index (χ1v) is 7.31. The Morgan fingerprint density at radius 1 is 1.59 bits per heavy atom. The summed E-state index contributed by atoms with van der Waals surface area (Å²) in [5.74, 6) is 0.868. The molecule has 0 amide bonds. The van der Waals surface area contributed by atoms with Crippen molar-refractivity contribution in [2.75, 3.05) is 11.4 Å². The number of rotatable bonds is 3. The lowest BCUT2D eigenvalue weighted by Gasteiger charge is -2.36. The number of nitrogens with one attached hydrogen (secondary N) is 1. The van der Waals surface area contributed by atoms with E-state index >= 15 is 0 Å². The third-order valence-electron chi connectivity index (χ3n) is 3.30. The van der Waals surface area contributed by atoms with Crippen LogP contribution >= 0.6 is 22.6 Å². The summed E-state index contributed by atoms with van der Waals surface area (Å²) in [6.45, 7) is 3.24. The van der Waals surface area contributed by atoms with Crippen LogP contribution in [0.1, 0.15) is 39.0 Å². The minimum atomic E-state index is -0.0311. The molecule has 1 aromatic rings. The van der Waals surface area contributed by atoms with Crippen LogP contribution in [-0.2, 0) is 0 Å². The van der Waals surface area contributed by atoms with Gasteiger partial charge in [-0.05, 0) is 48.3 Å². The van der Waals surface area contributed by atoms with Crippen molar-refractivity contribution in [3.63, 3.8) is 0 Å². The van der Waals surface area contributed by atoms with E-state index in [1.807, 2.05) is 0 Å². The Kier molecular flexibility index (Phi) is 4.42. The minimum Gasteiger partial charge on any atom is -0.353 e. The quantitative estimate of drug-likeness (QED) is 0.855. The lowest BCUT2D eigenvalue weighted by Crippen LogP contribution is -2.41. The largest absolute Gasteiger partial charge is 0.353 e. The lowest BCUT2D eigenvalue weighted by molar-refractivity contribution is 0.431. The topological polar surface area (TPSA) is 49.0 Å². The summed E-state index contributed by atoms with van der Waals surface area (Å²) in [5, 5.41) is 0. The van der Waals surface area contributed by atoms with E-state index in [0.717, 1.165) is 12.4 Å². The monoisotopic (exact) mass is 347 g/mol. The highest BCUT2D eigenvalue weighted by Gasteiger charge is 2.25. The molecule has 2 rings (SSSR count). The lowest BCUT2D eigenvalue weighted by atomic mass is 9.98. The van der Waals surface area contributed by atoms with Crippen molar-refractivity contribution < 1.29 is 0 Å². The summed E-state index contributed by atoms with van der Waals surface area (Å²) in [6, 6.07) is 0.552. The fourth-order valence-electron chi connectivity index (χ4n) is 2.49. The van der Waals surface area contributed by atoms with Crippen molar-refractivity contribution in [3.05, 3.63) is 20.3 Å². The molecule has 1 aliphatic heterocycles. The molecule has 0 aromatic carbocycles. The number of aromatic amines is 1. The molecule has 4 nitrogen and oxygen atoms in total. The van der Waals surface area contributed by atoms with Crippen LogP contribution < -0.4 is 10.5 Å². The molecule has 1 N–H and O–H groups in total. The Balaban J connectivity index is 2.29. The van der Waals surface area contributed by atoms with Gasteiger partial charge in [0.1, 0.15) is 9.39 Å². The first-order chi connectivity index (χ1) is 8.24. The van der Waals surface area contributed by atoms with E-state index < -0.39 is 0 Å². The highest BCUT2D eigenvalue weighted by atomic mass is 127. The highest BCUT2D eigenvalue weighted by molar-refractivity contribution is 14.1. The zero-order valence-electron chi connectivity index (χ0n) is 10.1. The van der Waals surface area contributed by atoms with Crippen molar-refractivity contribution >= 4 is 28.4 Å². The number of nitrogens with zero attached hydrogens (tertiary/aromatic N) is 2. The molecule has 1 aliphatic rings. The van der Waals surface area contributed by atoms with Crippen LogP contribution in [0.3, 0.4) is 0 Å². The van der Waals surface area contributed by atoms with Gasteiger partial charge in [-0.3, -0.25) is 4.79 Å². The summed E-state index contributed by atoms with van der Waals surface area (Å²) in [5.41, 5.74) is -0.0311. The first kappa shape index (κ1) is 12.9. The summed E-state index contributed by atoms with van der Waals surface area (Å²) in [7, 11) is 0. The predicted molar refractivity (Wildman–Crippen MR) is 77.5 cm³/mol. The van der Waals surface area contributed by atoms with Crippen molar-refractivity contribution in [2.45, 2.75) is 45.1 Å². The van der Waals surface area contributed by atoms with Crippen LogP contribution in [-0.4, -0.2) is 22.6 Å². The van der Waals surface area contributed by atoms with Gasteiger partial charge in [-0.2, -0.15) is 0 Å². The van der Waals surface area contributed by atoms with Gasteiger partial charge in [-0.25, -0.2) is 4.98 Å². The maximum absolute atomic E-state index is 11.6. The fourth-order valence-corrected chi connectivity index (χ4v) is 3.09. The second-order valence-corrected chi connectivity index (χ2v) is 5.58. The average Bonchev–Trinajstić information content (AvgIpc) is 2.34. The molecule has 0 aliphatic carbocycles. The number of hydrogen-bond acceptors (Lipinski definition) is 3. The molecule has 0 bridgehead atoms. The molecule has 5 heteroatoms. The molecule has 2 heterocycles. The average molecular weight is 347 g/mol. The number of piperidine rings is 1. The molecule has 17 heavy (non-hydrogen) atoms. The summed E-state index contributed by atoms with van der Waals surface area (Å²) in [6.07, 6.45) is 7.59. The van der Waals surface area contributed by atoms with Gasteiger partial charge in [0.15, 0.2) is 0 Å². The Labute approximate surface area is 115 Å².